The molecule has 0 aliphatic heterocycles. The van der Waals surface area contributed by atoms with Crippen LogP contribution in [0.5, 0.6) is 5.75 Å². The lowest BCUT2D eigenvalue weighted by atomic mass is 10.1. The van der Waals surface area contributed by atoms with Crippen LogP contribution in [-0.4, -0.2) is 15.3 Å². The SMILES string of the molecule is Cc1ccc(NC(=O)CCc2ccccc2)cc1OCc1cc(=O)n2ccccc2n1. The second kappa shape index (κ2) is 9.26. The van der Waals surface area contributed by atoms with E-state index in [1.807, 2.05) is 55.5 Å². The molecule has 0 radical (unpaired) electrons. The zero-order valence-electron chi connectivity index (χ0n) is 17.2. The molecule has 2 heterocycles. The van der Waals surface area contributed by atoms with Crippen molar-refractivity contribution in [1.82, 2.24) is 9.38 Å². The smallest absolute Gasteiger partial charge is 0.258 e. The molecule has 156 valence electrons. The molecule has 0 unspecified atom stereocenters. The topological polar surface area (TPSA) is 72.7 Å². The van der Waals surface area contributed by atoms with E-state index in [1.54, 1.807) is 24.4 Å². The number of anilines is 1. The number of fused-ring (bicyclic) bond motifs is 1. The van der Waals surface area contributed by atoms with Gasteiger partial charge in [-0.3, -0.25) is 14.0 Å². The third-order valence-corrected chi connectivity index (χ3v) is 4.96. The van der Waals surface area contributed by atoms with Crippen molar-refractivity contribution in [1.29, 1.82) is 0 Å². The minimum Gasteiger partial charge on any atom is -0.487 e. The van der Waals surface area contributed by atoms with Crippen LogP contribution >= 0.6 is 0 Å². The molecule has 0 spiro atoms. The molecule has 1 amide bonds. The van der Waals surface area contributed by atoms with Gasteiger partial charge < -0.3 is 10.1 Å². The summed E-state index contributed by atoms with van der Waals surface area (Å²) in [5.74, 6) is 0.582. The summed E-state index contributed by atoms with van der Waals surface area (Å²) in [6, 6.07) is 22.3. The van der Waals surface area contributed by atoms with E-state index in [-0.39, 0.29) is 18.1 Å². The summed E-state index contributed by atoms with van der Waals surface area (Å²) in [5.41, 5.74) is 3.70. The van der Waals surface area contributed by atoms with Crippen LogP contribution in [0, 0.1) is 6.92 Å². The van der Waals surface area contributed by atoms with Gasteiger partial charge in [-0.05, 0) is 42.7 Å². The number of pyridine rings is 1. The molecule has 0 saturated carbocycles. The third kappa shape index (κ3) is 5.17. The summed E-state index contributed by atoms with van der Waals surface area (Å²) in [4.78, 5) is 29.0. The molecule has 2 aromatic heterocycles. The highest BCUT2D eigenvalue weighted by Crippen LogP contribution is 2.23. The lowest BCUT2D eigenvalue weighted by Crippen LogP contribution is -2.16. The van der Waals surface area contributed by atoms with E-state index in [0.29, 0.717) is 35.6 Å². The second-order valence-electron chi connectivity index (χ2n) is 7.32. The van der Waals surface area contributed by atoms with Crippen LogP contribution in [0.4, 0.5) is 5.69 Å². The standard InChI is InChI=1S/C25H23N3O3/c1-18-10-12-20(27-24(29)13-11-19-7-3-2-4-8-19)15-22(18)31-17-21-16-25(30)28-14-6-5-9-23(28)26-21/h2-10,12,14-16H,11,13,17H2,1H3,(H,27,29). The quantitative estimate of drug-likeness (QED) is 0.494. The molecule has 2 aromatic carbocycles. The van der Waals surface area contributed by atoms with E-state index in [9.17, 15) is 9.59 Å². The molecule has 0 saturated heterocycles. The number of rotatable bonds is 7. The maximum atomic E-state index is 12.3. The van der Waals surface area contributed by atoms with Gasteiger partial charge in [0.05, 0.1) is 5.69 Å². The summed E-state index contributed by atoms with van der Waals surface area (Å²) < 4.78 is 7.40. The van der Waals surface area contributed by atoms with Gasteiger partial charge in [-0.25, -0.2) is 4.98 Å². The summed E-state index contributed by atoms with van der Waals surface area (Å²) >= 11 is 0. The predicted octanol–water partition coefficient (Wildman–Crippen LogP) is 4.15. The van der Waals surface area contributed by atoms with Crippen molar-refractivity contribution in [2.75, 3.05) is 5.32 Å². The minimum absolute atomic E-state index is 0.0529. The van der Waals surface area contributed by atoms with Gasteiger partial charge in [-0.1, -0.05) is 42.5 Å². The molecule has 0 aliphatic carbocycles. The van der Waals surface area contributed by atoms with Gasteiger partial charge in [0.1, 0.15) is 18.0 Å². The molecule has 0 atom stereocenters. The van der Waals surface area contributed by atoms with Crippen LogP contribution in [0.2, 0.25) is 0 Å². The lowest BCUT2D eigenvalue weighted by molar-refractivity contribution is -0.116. The summed E-state index contributed by atoms with van der Waals surface area (Å²) in [5, 5.41) is 2.92. The Morgan fingerprint density at radius 1 is 1.03 bits per heavy atom. The van der Waals surface area contributed by atoms with Gasteiger partial charge in [0, 0.05) is 30.4 Å². The Kier molecular flexibility index (Phi) is 6.08. The first-order valence-electron chi connectivity index (χ1n) is 10.1. The normalized spacial score (nSPS) is 10.7. The van der Waals surface area contributed by atoms with Gasteiger partial charge in [0.25, 0.3) is 5.56 Å². The van der Waals surface area contributed by atoms with Crippen molar-refractivity contribution < 1.29 is 9.53 Å². The fraction of sp³-hybridized carbons (Fsp3) is 0.160. The Balaban J connectivity index is 1.41. The van der Waals surface area contributed by atoms with Gasteiger partial charge in [0.2, 0.25) is 5.91 Å². The fourth-order valence-corrected chi connectivity index (χ4v) is 3.29. The Bertz CT molecular complexity index is 1270. The Hall–Kier alpha value is -3.93. The van der Waals surface area contributed by atoms with E-state index in [1.165, 1.54) is 10.5 Å². The number of ether oxygens (including phenoxy) is 1. The first kappa shape index (κ1) is 20.3. The molecule has 31 heavy (non-hydrogen) atoms. The molecule has 0 bridgehead atoms. The first-order chi connectivity index (χ1) is 15.1. The fourth-order valence-electron chi connectivity index (χ4n) is 3.29. The number of carbonyl (C=O) groups excluding carboxylic acids is 1. The minimum atomic E-state index is -0.152. The molecule has 4 rings (SSSR count). The summed E-state index contributed by atoms with van der Waals surface area (Å²) in [6.45, 7) is 2.09. The van der Waals surface area contributed by atoms with Crippen molar-refractivity contribution in [3.8, 4) is 5.75 Å². The van der Waals surface area contributed by atoms with Crippen molar-refractivity contribution in [2.45, 2.75) is 26.4 Å². The molecule has 1 N–H and O–H groups in total. The Morgan fingerprint density at radius 2 is 1.84 bits per heavy atom. The van der Waals surface area contributed by atoms with E-state index in [4.69, 9.17) is 4.74 Å². The van der Waals surface area contributed by atoms with Crippen molar-refractivity contribution >= 4 is 17.2 Å². The van der Waals surface area contributed by atoms with E-state index < -0.39 is 0 Å². The van der Waals surface area contributed by atoms with E-state index in [2.05, 4.69) is 10.3 Å². The van der Waals surface area contributed by atoms with Crippen LogP contribution in [-0.2, 0) is 17.8 Å². The second-order valence-corrected chi connectivity index (χ2v) is 7.32. The highest BCUT2D eigenvalue weighted by Gasteiger charge is 2.08. The summed E-state index contributed by atoms with van der Waals surface area (Å²) in [6.07, 6.45) is 2.77. The zero-order chi connectivity index (χ0) is 21.6. The largest absolute Gasteiger partial charge is 0.487 e. The van der Waals surface area contributed by atoms with E-state index >= 15 is 0 Å². The molecule has 6 heteroatoms. The number of aryl methyl sites for hydroxylation is 2. The van der Waals surface area contributed by atoms with Gasteiger partial charge >= 0.3 is 0 Å². The molecule has 4 aromatic rings. The molecular formula is C25H23N3O3. The number of hydrogen-bond donors (Lipinski definition) is 1. The van der Waals surface area contributed by atoms with Crippen molar-refractivity contribution in [2.24, 2.45) is 0 Å². The molecule has 0 aliphatic rings. The average molecular weight is 413 g/mol. The van der Waals surface area contributed by atoms with Crippen LogP contribution in [0.25, 0.3) is 5.65 Å². The number of carbonyl (C=O) groups is 1. The van der Waals surface area contributed by atoms with E-state index in [0.717, 1.165) is 11.1 Å². The Labute approximate surface area is 180 Å². The first-order valence-corrected chi connectivity index (χ1v) is 10.1. The third-order valence-electron chi connectivity index (χ3n) is 4.96. The highest BCUT2D eigenvalue weighted by atomic mass is 16.5. The number of nitrogens with zero attached hydrogens (tertiary/aromatic N) is 2. The van der Waals surface area contributed by atoms with Crippen LogP contribution < -0.4 is 15.6 Å². The maximum Gasteiger partial charge on any atom is 0.258 e. The lowest BCUT2D eigenvalue weighted by Gasteiger charge is -2.12. The predicted molar refractivity (Wildman–Crippen MR) is 120 cm³/mol. The Morgan fingerprint density at radius 3 is 2.68 bits per heavy atom. The number of hydrogen-bond acceptors (Lipinski definition) is 4. The summed E-state index contributed by atoms with van der Waals surface area (Å²) in [7, 11) is 0. The average Bonchev–Trinajstić information content (AvgIpc) is 2.79. The van der Waals surface area contributed by atoms with Gasteiger partial charge in [-0.15, -0.1) is 0 Å². The number of nitrogens with one attached hydrogen (secondary N) is 1. The number of benzene rings is 2. The van der Waals surface area contributed by atoms with Crippen molar-refractivity contribution in [3.63, 3.8) is 0 Å². The van der Waals surface area contributed by atoms with Gasteiger partial charge in [-0.2, -0.15) is 0 Å². The van der Waals surface area contributed by atoms with Gasteiger partial charge in [0.15, 0.2) is 0 Å². The number of aromatic nitrogens is 2. The molecule has 6 nitrogen and oxygen atoms in total. The van der Waals surface area contributed by atoms with Crippen LogP contribution in [0.15, 0.2) is 83.8 Å². The monoisotopic (exact) mass is 413 g/mol. The van der Waals surface area contributed by atoms with Crippen molar-refractivity contribution in [3.05, 3.63) is 106 Å². The molecular weight excluding hydrogens is 390 g/mol. The number of amides is 1. The maximum absolute atomic E-state index is 12.3. The highest BCUT2D eigenvalue weighted by molar-refractivity contribution is 5.91. The molecule has 0 fully saturated rings. The zero-order valence-corrected chi connectivity index (χ0v) is 17.2. The van der Waals surface area contributed by atoms with Crippen LogP contribution in [0.3, 0.4) is 0 Å². The van der Waals surface area contributed by atoms with Crippen LogP contribution in [0.1, 0.15) is 23.2 Å².